The molecule has 0 bridgehead atoms. The maximum absolute atomic E-state index is 13.6. The van der Waals surface area contributed by atoms with Crippen LogP contribution in [0.2, 0.25) is 0 Å². The third kappa shape index (κ3) is 3.39. The van der Waals surface area contributed by atoms with Crippen LogP contribution < -0.4 is 5.32 Å². The molecule has 96 valence electrons. The van der Waals surface area contributed by atoms with E-state index in [-0.39, 0.29) is 25.0 Å². The minimum atomic E-state index is -0.871. The molecular weight excluding hydrogens is 225 g/mol. The van der Waals surface area contributed by atoms with Gasteiger partial charge in [-0.15, -0.1) is 0 Å². The number of aliphatic hydroxyl groups is 2. The molecule has 0 spiro atoms. The van der Waals surface area contributed by atoms with Crippen LogP contribution in [-0.4, -0.2) is 34.1 Å². The molecule has 0 aliphatic rings. The third-order valence-electron chi connectivity index (χ3n) is 2.71. The molecule has 1 aromatic rings. The molecule has 4 N–H and O–H groups in total. The standard InChI is InChI=1S/C12H18FNO3/c1-8(14-12(2,6-15)7-16)10-4-3-9(17)5-11(10)13/h3-5,8,14-17H,6-7H2,1-2H3. The Bertz CT molecular complexity index is 380. The largest absolute Gasteiger partial charge is 0.508 e. The monoisotopic (exact) mass is 243 g/mol. The lowest BCUT2D eigenvalue weighted by Gasteiger charge is -2.30. The van der Waals surface area contributed by atoms with Crippen molar-refractivity contribution in [1.82, 2.24) is 5.32 Å². The van der Waals surface area contributed by atoms with Crippen molar-refractivity contribution in [3.8, 4) is 5.75 Å². The van der Waals surface area contributed by atoms with Gasteiger partial charge in [0.1, 0.15) is 11.6 Å². The fourth-order valence-electron chi connectivity index (χ4n) is 1.61. The summed E-state index contributed by atoms with van der Waals surface area (Å²) in [4.78, 5) is 0. The molecule has 0 saturated heterocycles. The number of aromatic hydroxyl groups is 1. The Morgan fingerprint density at radius 3 is 2.41 bits per heavy atom. The van der Waals surface area contributed by atoms with Gasteiger partial charge in [-0.25, -0.2) is 4.39 Å². The van der Waals surface area contributed by atoms with Crippen molar-refractivity contribution < 1.29 is 19.7 Å². The van der Waals surface area contributed by atoms with Crippen LogP contribution in [0.25, 0.3) is 0 Å². The van der Waals surface area contributed by atoms with Crippen molar-refractivity contribution in [2.24, 2.45) is 0 Å². The highest BCUT2D eigenvalue weighted by atomic mass is 19.1. The first-order valence-corrected chi connectivity index (χ1v) is 5.39. The number of nitrogens with one attached hydrogen (secondary N) is 1. The van der Waals surface area contributed by atoms with Gasteiger partial charge in [-0.1, -0.05) is 6.07 Å². The summed E-state index contributed by atoms with van der Waals surface area (Å²) in [6, 6.07) is 3.51. The van der Waals surface area contributed by atoms with Crippen LogP contribution in [0.1, 0.15) is 25.5 Å². The van der Waals surface area contributed by atoms with Crippen LogP contribution in [0.5, 0.6) is 5.75 Å². The SMILES string of the molecule is CC(NC(C)(CO)CO)c1ccc(O)cc1F. The van der Waals surface area contributed by atoms with E-state index in [1.54, 1.807) is 13.8 Å². The zero-order valence-electron chi connectivity index (χ0n) is 9.94. The minimum Gasteiger partial charge on any atom is -0.508 e. The van der Waals surface area contributed by atoms with Gasteiger partial charge in [0, 0.05) is 17.7 Å². The molecule has 17 heavy (non-hydrogen) atoms. The highest BCUT2D eigenvalue weighted by molar-refractivity contribution is 5.29. The van der Waals surface area contributed by atoms with Gasteiger partial charge in [0.15, 0.2) is 0 Å². The fraction of sp³-hybridized carbons (Fsp3) is 0.500. The number of hydrogen-bond acceptors (Lipinski definition) is 4. The number of phenolic OH excluding ortho intramolecular Hbond substituents is 1. The zero-order valence-corrected chi connectivity index (χ0v) is 9.94. The molecule has 0 aliphatic carbocycles. The molecule has 0 heterocycles. The minimum absolute atomic E-state index is 0.134. The van der Waals surface area contributed by atoms with E-state index in [0.717, 1.165) is 6.07 Å². The summed E-state index contributed by atoms with van der Waals surface area (Å²) in [5.74, 6) is -0.659. The summed E-state index contributed by atoms with van der Waals surface area (Å²) in [7, 11) is 0. The maximum Gasteiger partial charge on any atom is 0.131 e. The van der Waals surface area contributed by atoms with Gasteiger partial charge in [-0.3, -0.25) is 0 Å². The van der Waals surface area contributed by atoms with Gasteiger partial charge in [0.2, 0.25) is 0 Å². The molecule has 4 nitrogen and oxygen atoms in total. The molecule has 0 amide bonds. The zero-order chi connectivity index (χ0) is 13.1. The van der Waals surface area contributed by atoms with Crippen molar-refractivity contribution in [3.05, 3.63) is 29.6 Å². The lowest BCUT2D eigenvalue weighted by atomic mass is 10.0. The molecule has 5 heteroatoms. The van der Waals surface area contributed by atoms with Gasteiger partial charge < -0.3 is 20.6 Å². The lowest BCUT2D eigenvalue weighted by molar-refractivity contribution is 0.0953. The summed E-state index contributed by atoms with van der Waals surface area (Å²) in [6.45, 7) is 2.85. The Morgan fingerprint density at radius 2 is 1.94 bits per heavy atom. The first-order valence-electron chi connectivity index (χ1n) is 5.39. The first-order chi connectivity index (χ1) is 7.91. The van der Waals surface area contributed by atoms with E-state index < -0.39 is 11.4 Å². The summed E-state index contributed by atoms with van der Waals surface area (Å²) in [5, 5.41) is 30.3. The van der Waals surface area contributed by atoms with Crippen LogP contribution in [0.4, 0.5) is 4.39 Å². The number of rotatable bonds is 5. The van der Waals surface area contributed by atoms with Crippen molar-refractivity contribution >= 4 is 0 Å². The summed E-state index contributed by atoms with van der Waals surface area (Å²) >= 11 is 0. The van der Waals surface area contributed by atoms with Gasteiger partial charge in [-0.05, 0) is 19.9 Å². The highest BCUT2D eigenvalue weighted by Gasteiger charge is 2.25. The number of hydrogen-bond donors (Lipinski definition) is 4. The fourth-order valence-corrected chi connectivity index (χ4v) is 1.61. The number of benzene rings is 1. The van der Waals surface area contributed by atoms with E-state index in [2.05, 4.69) is 5.32 Å². The molecule has 1 aromatic carbocycles. The number of halogens is 1. The Balaban J connectivity index is 2.86. The third-order valence-corrected chi connectivity index (χ3v) is 2.71. The Morgan fingerprint density at radius 1 is 1.35 bits per heavy atom. The van der Waals surface area contributed by atoms with Crippen LogP contribution >= 0.6 is 0 Å². The molecule has 0 fully saturated rings. The molecule has 0 saturated carbocycles. The smallest absolute Gasteiger partial charge is 0.131 e. The van der Waals surface area contributed by atoms with Crippen molar-refractivity contribution in [2.75, 3.05) is 13.2 Å². The average molecular weight is 243 g/mol. The Hall–Kier alpha value is -1.17. The second-order valence-corrected chi connectivity index (χ2v) is 4.45. The predicted molar refractivity (Wildman–Crippen MR) is 62.2 cm³/mol. The number of phenols is 1. The second kappa shape index (κ2) is 5.44. The normalized spacial score (nSPS) is 13.7. The van der Waals surface area contributed by atoms with Crippen LogP contribution in [0, 0.1) is 5.82 Å². The molecule has 0 aliphatic heterocycles. The molecule has 0 aromatic heterocycles. The van der Waals surface area contributed by atoms with Crippen molar-refractivity contribution in [2.45, 2.75) is 25.4 Å². The average Bonchev–Trinajstić information content (AvgIpc) is 2.28. The van der Waals surface area contributed by atoms with Crippen LogP contribution in [0.3, 0.4) is 0 Å². The molecule has 0 radical (unpaired) electrons. The Kier molecular flexibility index (Phi) is 4.45. The lowest BCUT2D eigenvalue weighted by Crippen LogP contribution is -2.50. The van der Waals surface area contributed by atoms with Crippen LogP contribution in [0.15, 0.2) is 18.2 Å². The highest BCUT2D eigenvalue weighted by Crippen LogP contribution is 2.22. The maximum atomic E-state index is 13.6. The van der Waals surface area contributed by atoms with Crippen molar-refractivity contribution in [3.63, 3.8) is 0 Å². The van der Waals surface area contributed by atoms with Gasteiger partial charge in [0.05, 0.1) is 18.8 Å². The van der Waals surface area contributed by atoms with E-state index in [4.69, 9.17) is 15.3 Å². The first kappa shape index (κ1) is 13.9. The van der Waals surface area contributed by atoms with Gasteiger partial charge in [0.25, 0.3) is 0 Å². The van der Waals surface area contributed by atoms with Crippen molar-refractivity contribution in [1.29, 1.82) is 0 Å². The summed E-state index contributed by atoms with van der Waals surface area (Å²) in [5.41, 5.74) is -0.500. The van der Waals surface area contributed by atoms with Gasteiger partial charge in [-0.2, -0.15) is 0 Å². The Labute approximate surface area is 99.7 Å². The second-order valence-electron chi connectivity index (χ2n) is 4.45. The quantitative estimate of drug-likeness (QED) is 0.620. The van der Waals surface area contributed by atoms with E-state index in [9.17, 15) is 4.39 Å². The predicted octanol–water partition coefficient (Wildman–Crippen LogP) is 0.925. The molecule has 1 unspecified atom stereocenters. The van der Waals surface area contributed by atoms with E-state index >= 15 is 0 Å². The van der Waals surface area contributed by atoms with Crippen LogP contribution in [-0.2, 0) is 0 Å². The van der Waals surface area contributed by atoms with Gasteiger partial charge >= 0.3 is 0 Å². The van der Waals surface area contributed by atoms with E-state index in [0.29, 0.717) is 5.56 Å². The number of aliphatic hydroxyl groups excluding tert-OH is 2. The molecule has 1 atom stereocenters. The molecular formula is C12H18FNO3. The summed E-state index contributed by atoms with van der Waals surface area (Å²) < 4.78 is 13.6. The summed E-state index contributed by atoms with van der Waals surface area (Å²) in [6.07, 6.45) is 0. The molecule has 1 rings (SSSR count). The topological polar surface area (TPSA) is 72.7 Å². The van der Waals surface area contributed by atoms with E-state index in [1.807, 2.05) is 0 Å². The van der Waals surface area contributed by atoms with E-state index in [1.165, 1.54) is 12.1 Å².